The Morgan fingerprint density at radius 1 is 1.44 bits per heavy atom. The molecule has 4 N–H and O–H groups in total. The van der Waals surface area contributed by atoms with E-state index in [4.69, 9.17) is 15.6 Å². The fraction of sp³-hybridized carbons (Fsp3) is 0.0909. The molecule has 1 heterocycles. The first kappa shape index (κ1) is 11.8. The van der Waals surface area contributed by atoms with Gasteiger partial charge in [0.2, 0.25) is 5.88 Å². The molecule has 0 amide bonds. The van der Waals surface area contributed by atoms with Crippen molar-refractivity contribution < 1.29 is 24.3 Å². The molecule has 0 radical (unpaired) electrons. The van der Waals surface area contributed by atoms with Crippen molar-refractivity contribution in [3.05, 3.63) is 23.8 Å². The van der Waals surface area contributed by atoms with Crippen LogP contribution in [0.2, 0.25) is 0 Å². The molecule has 0 aliphatic heterocycles. The monoisotopic (exact) mass is 250 g/mol. The van der Waals surface area contributed by atoms with Crippen LogP contribution in [-0.4, -0.2) is 28.4 Å². The van der Waals surface area contributed by atoms with Crippen LogP contribution in [0.1, 0.15) is 10.4 Å². The van der Waals surface area contributed by atoms with Gasteiger partial charge in [-0.3, -0.25) is 0 Å². The first-order valence-corrected chi connectivity index (χ1v) is 4.89. The lowest BCUT2D eigenvalue weighted by Crippen LogP contribution is -2.01. The molecule has 7 heteroatoms. The summed E-state index contributed by atoms with van der Waals surface area (Å²) in [5, 5.41) is 22.4. The summed E-state index contributed by atoms with van der Waals surface area (Å²) >= 11 is 0. The summed E-state index contributed by atoms with van der Waals surface area (Å²) in [5.74, 6) is -1.23. The SMILES string of the molecule is COc1cc(O)c(-c2cc(N)on2)cc1C(=O)O. The van der Waals surface area contributed by atoms with Crippen LogP contribution in [0.25, 0.3) is 11.3 Å². The summed E-state index contributed by atoms with van der Waals surface area (Å²) in [7, 11) is 1.31. The van der Waals surface area contributed by atoms with Gasteiger partial charge in [-0.15, -0.1) is 0 Å². The standard InChI is InChI=1S/C11H10N2O5/c1-17-9-4-8(14)5(2-6(9)11(15)16)7-3-10(12)18-13-7/h2-4,14H,12H2,1H3,(H,15,16). The number of methoxy groups -OCH3 is 1. The number of aromatic hydroxyl groups is 1. The fourth-order valence-electron chi connectivity index (χ4n) is 1.53. The molecule has 2 aromatic rings. The van der Waals surface area contributed by atoms with E-state index >= 15 is 0 Å². The lowest BCUT2D eigenvalue weighted by Gasteiger charge is -2.08. The zero-order valence-corrected chi connectivity index (χ0v) is 9.38. The summed E-state index contributed by atoms with van der Waals surface area (Å²) < 4.78 is 9.54. The molecule has 0 atom stereocenters. The number of benzene rings is 1. The minimum absolute atomic E-state index is 0.0558. The highest BCUT2D eigenvalue weighted by Gasteiger charge is 2.18. The van der Waals surface area contributed by atoms with Crippen molar-refractivity contribution in [3.8, 4) is 22.8 Å². The number of phenols is 1. The molecule has 1 aromatic heterocycles. The largest absolute Gasteiger partial charge is 0.507 e. The Bertz CT molecular complexity index is 605. The summed E-state index contributed by atoms with van der Waals surface area (Å²) in [6.45, 7) is 0. The number of carboxylic acids is 1. The van der Waals surface area contributed by atoms with Crippen LogP contribution in [0.15, 0.2) is 22.7 Å². The highest BCUT2D eigenvalue weighted by molar-refractivity contribution is 5.93. The number of hydrogen-bond acceptors (Lipinski definition) is 6. The highest BCUT2D eigenvalue weighted by Crippen LogP contribution is 2.35. The molecule has 0 bridgehead atoms. The van der Waals surface area contributed by atoms with Gasteiger partial charge < -0.3 is 25.2 Å². The van der Waals surface area contributed by atoms with Crippen molar-refractivity contribution in [2.45, 2.75) is 0 Å². The number of nitrogen functional groups attached to an aromatic ring is 1. The van der Waals surface area contributed by atoms with Gasteiger partial charge in [-0.1, -0.05) is 5.16 Å². The molecule has 0 spiro atoms. The Labute approximate surface area is 101 Å². The molecule has 0 unspecified atom stereocenters. The van der Waals surface area contributed by atoms with Crippen LogP contribution < -0.4 is 10.5 Å². The van der Waals surface area contributed by atoms with E-state index in [1.165, 1.54) is 25.3 Å². The number of phenolic OH excluding ortho intramolecular Hbond substituents is 1. The van der Waals surface area contributed by atoms with Gasteiger partial charge in [0.05, 0.1) is 7.11 Å². The number of nitrogens with two attached hydrogens (primary N) is 1. The van der Waals surface area contributed by atoms with E-state index in [-0.39, 0.29) is 34.2 Å². The average molecular weight is 250 g/mol. The minimum atomic E-state index is -1.18. The molecule has 0 saturated heterocycles. The topological polar surface area (TPSA) is 119 Å². The highest BCUT2D eigenvalue weighted by atomic mass is 16.5. The maximum Gasteiger partial charge on any atom is 0.339 e. The molecule has 0 fully saturated rings. The third-order valence-electron chi connectivity index (χ3n) is 2.35. The van der Waals surface area contributed by atoms with Gasteiger partial charge >= 0.3 is 5.97 Å². The Morgan fingerprint density at radius 3 is 2.67 bits per heavy atom. The quantitative estimate of drug-likeness (QED) is 0.751. The minimum Gasteiger partial charge on any atom is -0.507 e. The number of ether oxygens (including phenoxy) is 1. The molecule has 0 aliphatic carbocycles. The Morgan fingerprint density at radius 2 is 2.17 bits per heavy atom. The Balaban J connectivity index is 2.62. The second-order valence-corrected chi connectivity index (χ2v) is 3.49. The molecular formula is C11H10N2O5. The number of aromatic nitrogens is 1. The van der Waals surface area contributed by atoms with Crippen LogP contribution >= 0.6 is 0 Å². The number of carbonyl (C=O) groups is 1. The number of aromatic carboxylic acids is 1. The molecule has 18 heavy (non-hydrogen) atoms. The fourth-order valence-corrected chi connectivity index (χ4v) is 1.53. The van der Waals surface area contributed by atoms with Crippen molar-refractivity contribution in [1.29, 1.82) is 0 Å². The zero-order valence-electron chi connectivity index (χ0n) is 9.38. The van der Waals surface area contributed by atoms with E-state index in [0.29, 0.717) is 0 Å². The van der Waals surface area contributed by atoms with Gasteiger partial charge in [0.15, 0.2) is 0 Å². The van der Waals surface area contributed by atoms with E-state index in [2.05, 4.69) is 9.68 Å². The van der Waals surface area contributed by atoms with Crippen LogP contribution in [0.3, 0.4) is 0 Å². The number of nitrogens with zero attached hydrogens (tertiary/aromatic N) is 1. The van der Waals surface area contributed by atoms with Crippen molar-refractivity contribution in [2.24, 2.45) is 0 Å². The molecule has 0 saturated carbocycles. The normalized spacial score (nSPS) is 10.3. The average Bonchev–Trinajstić information content (AvgIpc) is 2.74. The van der Waals surface area contributed by atoms with Gasteiger partial charge in [-0.05, 0) is 6.07 Å². The smallest absolute Gasteiger partial charge is 0.339 e. The van der Waals surface area contributed by atoms with Crippen molar-refractivity contribution in [2.75, 3.05) is 12.8 Å². The van der Waals surface area contributed by atoms with Gasteiger partial charge in [0, 0.05) is 17.7 Å². The molecule has 0 aliphatic rings. The number of rotatable bonds is 3. The third-order valence-corrected chi connectivity index (χ3v) is 2.35. The second kappa shape index (κ2) is 4.28. The van der Waals surface area contributed by atoms with Gasteiger partial charge in [0.25, 0.3) is 0 Å². The predicted octanol–water partition coefficient (Wildman–Crippen LogP) is 1.34. The maximum absolute atomic E-state index is 11.1. The summed E-state index contributed by atoms with van der Waals surface area (Å²) in [5.41, 5.74) is 5.73. The summed E-state index contributed by atoms with van der Waals surface area (Å²) in [4.78, 5) is 11.1. The summed E-state index contributed by atoms with van der Waals surface area (Å²) in [6.07, 6.45) is 0. The third kappa shape index (κ3) is 1.93. The Hall–Kier alpha value is -2.70. The maximum atomic E-state index is 11.1. The molecule has 7 nitrogen and oxygen atoms in total. The van der Waals surface area contributed by atoms with E-state index < -0.39 is 5.97 Å². The van der Waals surface area contributed by atoms with E-state index in [9.17, 15) is 9.90 Å². The molecular weight excluding hydrogens is 240 g/mol. The van der Waals surface area contributed by atoms with Crippen molar-refractivity contribution >= 4 is 11.9 Å². The van der Waals surface area contributed by atoms with Crippen LogP contribution in [0.5, 0.6) is 11.5 Å². The second-order valence-electron chi connectivity index (χ2n) is 3.49. The van der Waals surface area contributed by atoms with E-state index in [0.717, 1.165) is 0 Å². The zero-order chi connectivity index (χ0) is 13.3. The van der Waals surface area contributed by atoms with Crippen LogP contribution in [0, 0.1) is 0 Å². The van der Waals surface area contributed by atoms with Crippen LogP contribution in [-0.2, 0) is 0 Å². The molecule has 1 aromatic carbocycles. The van der Waals surface area contributed by atoms with Gasteiger partial charge in [-0.2, -0.15) is 0 Å². The first-order valence-electron chi connectivity index (χ1n) is 4.89. The predicted molar refractivity (Wildman–Crippen MR) is 61.5 cm³/mol. The van der Waals surface area contributed by atoms with Crippen LogP contribution in [0.4, 0.5) is 5.88 Å². The lowest BCUT2D eigenvalue weighted by molar-refractivity contribution is 0.0693. The first-order chi connectivity index (χ1) is 8.52. The molecule has 2 rings (SSSR count). The van der Waals surface area contributed by atoms with Gasteiger partial charge in [0.1, 0.15) is 22.8 Å². The van der Waals surface area contributed by atoms with Gasteiger partial charge in [-0.25, -0.2) is 4.79 Å². The Kier molecular flexibility index (Phi) is 2.80. The van der Waals surface area contributed by atoms with E-state index in [1.54, 1.807) is 0 Å². The summed E-state index contributed by atoms with van der Waals surface area (Å²) in [6, 6.07) is 3.82. The number of carboxylic acid groups (broad SMARTS) is 1. The lowest BCUT2D eigenvalue weighted by atomic mass is 10.1. The molecule has 94 valence electrons. The number of hydrogen-bond donors (Lipinski definition) is 3. The number of anilines is 1. The van der Waals surface area contributed by atoms with Crippen molar-refractivity contribution in [1.82, 2.24) is 5.16 Å². The van der Waals surface area contributed by atoms with E-state index in [1.807, 2.05) is 0 Å². The van der Waals surface area contributed by atoms with Crippen molar-refractivity contribution in [3.63, 3.8) is 0 Å².